The molecule has 4 atom stereocenters. The molecule has 0 unspecified atom stereocenters. The van der Waals surface area contributed by atoms with Gasteiger partial charge >= 0.3 is 18.0 Å². The molecular formula is C23H44N2O6S. The average molecular weight is 477 g/mol. The number of carbonyl (C=O) groups excluding carboxylic acids is 3. The Bertz CT molecular complexity index is 600. The molecule has 0 aromatic rings. The van der Waals surface area contributed by atoms with E-state index in [9.17, 15) is 14.4 Å². The Hall–Kier alpha value is -1.48. The van der Waals surface area contributed by atoms with Crippen molar-refractivity contribution in [2.75, 3.05) is 18.1 Å². The van der Waals surface area contributed by atoms with E-state index >= 15 is 0 Å². The predicted octanol–water partition coefficient (Wildman–Crippen LogP) is 3.91. The molecule has 0 aliphatic carbocycles. The minimum absolute atomic E-state index is 0.119. The lowest BCUT2D eigenvalue weighted by Crippen LogP contribution is -2.49. The number of hydrogen-bond donors (Lipinski definition) is 2. The van der Waals surface area contributed by atoms with Crippen LogP contribution in [0.1, 0.15) is 75.7 Å². The zero-order valence-electron chi connectivity index (χ0n) is 21.5. The molecule has 8 nitrogen and oxygen atoms in total. The molecule has 0 rings (SSSR count). The van der Waals surface area contributed by atoms with Gasteiger partial charge in [0, 0.05) is 17.5 Å². The number of thioether (sulfide) groups is 1. The maximum atomic E-state index is 12.4. The molecule has 9 heteroatoms. The molecule has 0 aliphatic heterocycles. The Morgan fingerprint density at radius 3 is 1.91 bits per heavy atom. The number of nitrogens with one attached hydrogen (secondary N) is 2. The van der Waals surface area contributed by atoms with Gasteiger partial charge in [-0.2, -0.15) is 11.8 Å². The summed E-state index contributed by atoms with van der Waals surface area (Å²) in [5.41, 5.74) is -1.19. The van der Waals surface area contributed by atoms with Gasteiger partial charge in [-0.1, -0.05) is 20.3 Å². The van der Waals surface area contributed by atoms with E-state index in [2.05, 4.69) is 24.5 Å². The van der Waals surface area contributed by atoms with E-state index in [1.807, 2.05) is 20.8 Å². The molecule has 0 aliphatic rings. The molecule has 0 radical (unpaired) electrons. The van der Waals surface area contributed by atoms with Gasteiger partial charge in [-0.25, -0.2) is 4.79 Å². The van der Waals surface area contributed by atoms with E-state index in [1.54, 1.807) is 34.6 Å². The normalized spacial score (nSPS) is 15.8. The number of amides is 1. The summed E-state index contributed by atoms with van der Waals surface area (Å²) in [4.78, 5) is 37.0. The third-order valence-electron chi connectivity index (χ3n) is 4.40. The molecule has 0 saturated carbocycles. The quantitative estimate of drug-likeness (QED) is 0.323. The van der Waals surface area contributed by atoms with Crippen molar-refractivity contribution in [3.05, 3.63) is 0 Å². The van der Waals surface area contributed by atoms with Crippen molar-refractivity contribution in [3.8, 4) is 0 Å². The van der Waals surface area contributed by atoms with Gasteiger partial charge in [0.25, 0.3) is 0 Å². The largest absolute Gasteiger partial charge is 0.465 e. The van der Waals surface area contributed by atoms with E-state index in [0.29, 0.717) is 11.5 Å². The summed E-state index contributed by atoms with van der Waals surface area (Å²) in [6.45, 7) is 18.6. The monoisotopic (exact) mass is 476 g/mol. The zero-order valence-corrected chi connectivity index (χ0v) is 22.3. The summed E-state index contributed by atoms with van der Waals surface area (Å²) in [5.74, 6) is 0.350. The third-order valence-corrected chi connectivity index (χ3v) is 5.56. The molecule has 0 heterocycles. The van der Waals surface area contributed by atoms with Crippen LogP contribution in [0.2, 0.25) is 0 Å². The second-order valence-corrected chi connectivity index (χ2v) is 11.0. The minimum atomic E-state index is -0.679. The Labute approximate surface area is 198 Å². The number of rotatable bonds is 12. The Balaban J connectivity index is 5.06. The summed E-state index contributed by atoms with van der Waals surface area (Å²) in [6.07, 6.45) is 0.429. The lowest BCUT2D eigenvalue weighted by molar-refractivity contribution is -0.157. The standard InChI is InChI=1S/C23H44N2O6S/c1-11-15(3)17(25-21(28)31-23(8,9)10)13-32-14-18(20(27)29-12-2)24-16(4)19(26)30-22(5,6)7/h15-18,24H,11-14H2,1-10H3,(H,25,28)/t15-,16-,17+,18-/m0/s1. The first kappa shape index (κ1) is 30.5. The smallest absolute Gasteiger partial charge is 0.407 e. The van der Waals surface area contributed by atoms with Gasteiger partial charge in [0.15, 0.2) is 0 Å². The predicted molar refractivity (Wildman–Crippen MR) is 129 cm³/mol. The van der Waals surface area contributed by atoms with Crippen LogP contribution in [-0.4, -0.2) is 65.5 Å². The fourth-order valence-electron chi connectivity index (χ4n) is 2.59. The Kier molecular flexibility index (Phi) is 13.3. The van der Waals surface area contributed by atoms with Crippen molar-refractivity contribution in [1.29, 1.82) is 0 Å². The number of ether oxygens (including phenoxy) is 3. The fourth-order valence-corrected chi connectivity index (χ4v) is 3.86. The molecule has 0 bridgehead atoms. The Morgan fingerprint density at radius 1 is 0.875 bits per heavy atom. The Morgan fingerprint density at radius 2 is 1.44 bits per heavy atom. The van der Waals surface area contributed by atoms with E-state index < -0.39 is 41.3 Å². The molecule has 1 amide bonds. The van der Waals surface area contributed by atoms with Crippen molar-refractivity contribution in [1.82, 2.24) is 10.6 Å². The van der Waals surface area contributed by atoms with E-state index in [0.717, 1.165) is 6.42 Å². The van der Waals surface area contributed by atoms with Gasteiger partial charge in [-0.05, 0) is 61.3 Å². The third kappa shape index (κ3) is 13.8. The first-order valence-corrected chi connectivity index (χ1v) is 12.5. The SMILES string of the molecule is CCOC(=O)[C@H](CSC[C@@H](NC(=O)OC(C)(C)C)[C@@H](C)CC)N[C@@H](C)C(=O)OC(C)(C)C. The molecular weight excluding hydrogens is 432 g/mol. The molecule has 0 fully saturated rings. The maximum Gasteiger partial charge on any atom is 0.407 e. The summed E-state index contributed by atoms with van der Waals surface area (Å²) in [6, 6.07) is -1.47. The van der Waals surface area contributed by atoms with Gasteiger partial charge < -0.3 is 19.5 Å². The highest BCUT2D eigenvalue weighted by atomic mass is 32.2. The lowest BCUT2D eigenvalue weighted by Gasteiger charge is -2.28. The summed E-state index contributed by atoms with van der Waals surface area (Å²) in [7, 11) is 0. The van der Waals surface area contributed by atoms with E-state index in [1.165, 1.54) is 11.8 Å². The topological polar surface area (TPSA) is 103 Å². The molecule has 0 spiro atoms. The average Bonchev–Trinajstić information content (AvgIpc) is 2.62. The van der Waals surface area contributed by atoms with Crippen molar-refractivity contribution in [2.45, 2.75) is 105 Å². The molecule has 2 N–H and O–H groups in total. The van der Waals surface area contributed by atoms with Gasteiger partial charge in [-0.15, -0.1) is 0 Å². The summed E-state index contributed by atoms with van der Waals surface area (Å²) < 4.78 is 15.9. The molecule has 0 aromatic heterocycles. The zero-order chi connectivity index (χ0) is 25.1. The van der Waals surface area contributed by atoms with Crippen LogP contribution >= 0.6 is 11.8 Å². The van der Waals surface area contributed by atoms with Gasteiger partial charge in [0.05, 0.1) is 6.61 Å². The number of alkyl carbamates (subject to hydrolysis) is 1. The van der Waals surface area contributed by atoms with E-state index in [-0.39, 0.29) is 18.6 Å². The van der Waals surface area contributed by atoms with Crippen LogP contribution in [0.25, 0.3) is 0 Å². The van der Waals surface area contributed by atoms with Crippen LogP contribution in [0.4, 0.5) is 4.79 Å². The molecule has 188 valence electrons. The lowest BCUT2D eigenvalue weighted by atomic mass is 10.0. The van der Waals surface area contributed by atoms with Crippen molar-refractivity contribution < 1.29 is 28.6 Å². The van der Waals surface area contributed by atoms with Crippen LogP contribution in [-0.2, 0) is 23.8 Å². The second kappa shape index (κ2) is 13.9. The fraction of sp³-hybridized carbons (Fsp3) is 0.870. The molecule has 32 heavy (non-hydrogen) atoms. The highest BCUT2D eigenvalue weighted by Gasteiger charge is 2.29. The van der Waals surface area contributed by atoms with Crippen molar-refractivity contribution in [2.24, 2.45) is 5.92 Å². The summed E-state index contributed by atoms with van der Waals surface area (Å²) in [5, 5.41) is 5.98. The van der Waals surface area contributed by atoms with Crippen LogP contribution in [0.15, 0.2) is 0 Å². The first-order chi connectivity index (χ1) is 14.6. The summed E-state index contributed by atoms with van der Waals surface area (Å²) >= 11 is 1.51. The van der Waals surface area contributed by atoms with Gasteiger partial charge in [0.1, 0.15) is 23.3 Å². The van der Waals surface area contributed by atoms with Crippen LogP contribution in [0.5, 0.6) is 0 Å². The molecule has 0 aromatic carbocycles. The molecule has 0 saturated heterocycles. The highest BCUT2D eigenvalue weighted by Crippen LogP contribution is 2.17. The van der Waals surface area contributed by atoms with Crippen molar-refractivity contribution >= 4 is 29.8 Å². The minimum Gasteiger partial charge on any atom is -0.465 e. The number of carbonyl (C=O) groups is 3. The van der Waals surface area contributed by atoms with Gasteiger partial charge in [-0.3, -0.25) is 14.9 Å². The number of hydrogen-bond acceptors (Lipinski definition) is 8. The van der Waals surface area contributed by atoms with Crippen molar-refractivity contribution in [3.63, 3.8) is 0 Å². The maximum absolute atomic E-state index is 12.4. The first-order valence-electron chi connectivity index (χ1n) is 11.3. The van der Waals surface area contributed by atoms with Crippen LogP contribution in [0, 0.1) is 5.92 Å². The van der Waals surface area contributed by atoms with Crippen LogP contribution in [0.3, 0.4) is 0 Å². The number of esters is 2. The van der Waals surface area contributed by atoms with Gasteiger partial charge in [0.2, 0.25) is 0 Å². The van der Waals surface area contributed by atoms with Crippen LogP contribution < -0.4 is 10.6 Å². The van der Waals surface area contributed by atoms with E-state index in [4.69, 9.17) is 14.2 Å². The second-order valence-electron chi connectivity index (χ2n) is 9.90. The highest BCUT2D eigenvalue weighted by molar-refractivity contribution is 7.99.